The lowest BCUT2D eigenvalue weighted by molar-refractivity contribution is -0.115. The van der Waals surface area contributed by atoms with Crippen molar-refractivity contribution in [3.05, 3.63) is 64.5 Å². The van der Waals surface area contributed by atoms with E-state index in [-0.39, 0.29) is 5.91 Å². The van der Waals surface area contributed by atoms with Gasteiger partial charge in [0.2, 0.25) is 5.91 Å². The van der Waals surface area contributed by atoms with Crippen LogP contribution in [0.5, 0.6) is 0 Å². The Kier molecular flexibility index (Phi) is 5.15. The number of nitrogens with one attached hydrogen (secondary N) is 1. The summed E-state index contributed by atoms with van der Waals surface area (Å²) >= 11 is 3.16. The zero-order chi connectivity index (χ0) is 16.1. The number of amides is 1. The summed E-state index contributed by atoms with van der Waals surface area (Å²) in [5.41, 5.74) is 1.21. The summed E-state index contributed by atoms with van der Waals surface area (Å²) < 4.78 is 2.06. The fourth-order valence-corrected chi connectivity index (χ4v) is 3.52. The molecule has 0 aliphatic carbocycles. The van der Waals surface area contributed by atoms with Gasteiger partial charge in [0.25, 0.3) is 0 Å². The smallest absolute Gasteiger partial charge is 0.230 e. The molecule has 0 spiro atoms. The van der Waals surface area contributed by atoms with Gasteiger partial charge in [-0.15, -0.1) is 11.3 Å². The molecule has 1 aromatic carbocycles. The molecule has 0 aliphatic heterocycles. The molecule has 0 fully saturated rings. The van der Waals surface area contributed by atoms with Gasteiger partial charge in [0.15, 0.2) is 11.0 Å². The van der Waals surface area contributed by atoms with Gasteiger partial charge in [0.05, 0.1) is 6.42 Å². The molecule has 0 radical (unpaired) electrons. The van der Waals surface area contributed by atoms with Gasteiger partial charge in [-0.2, -0.15) is 0 Å². The molecule has 0 bridgehead atoms. The largest absolute Gasteiger partial charge is 0.319 e. The van der Waals surface area contributed by atoms with Crippen molar-refractivity contribution in [2.24, 2.45) is 0 Å². The second-order valence-electron chi connectivity index (χ2n) is 5.03. The summed E-state index contributed by atoms with van der Waals surface area (Å²) in [7, 11) is 0. The Balaban J connectivity index is 1.70. The number of anilines is 1. The lowest BCUT2D eigenvalue weighted by Gasteiger charge is -2.05. The molecule has 6 heteroatoms. The molecule has 23 heavy (non-hydrogen) atoms. The Hall–Kier alpha value is -2.05. The van der Waals surface area contributed by atoms with Crippen molar-refractivity contribution in [1.82, 2.24) is 9.55 Å². The van der Waals surface area contributed by atoms with E-state index in [2.05, 4.69) is 27.0 Å². The molecule has 0 saturated heterocycles. The monoisotopic (exact) mass is 343 g/mol. The third-order valence-corrected chi connectivity index (χ3v) is 4.87. The number of aromatic nitrogens is 2. The summed E-state index contributed by atoms with van der Waals surface area (Å²) in [6.45, 7) is 0.741. The number of hydrogen-bond donors (Lipinski definition) is 1. The van der Waals surface area contributed by atoms with Gasteiger partial charge in [-0.25, -0.2) is 4.98 Å². The minimum absolute atomic E-state index is 0.0375. The second-order valence-corrected chi connectivity index (χ2v) is 6.84. The van der Waals surface area contributed by atoms with Gasteiger partial charge < -0.3 is 9.88 Å². The quantitative estimate of drug-likeness (QED) is 0.691. The van der Waals surface area contributed by atoms with Crippen LogP contribution in [0.2, 0.25) is 0 Å². The minimum atomic E-state index is -0.0375. The normalized spacial score (nSPS) is 10.7. The van der Waals surface area contributed by atoms with Crippen LogP contribution in [0, 0.1) is 0 Å². The predicted molar refractivity (Wildman–Crippen MR) is 96.2 cm³/mol. The number of nitrogens with zero attached hydrogens (tertiary/aromatic N) is 2. The van der Waals surface area contributed by atoms with Gasteiger partial charge in [0.1, 0.15) is 0 Å². The number of thioether (sulfide) groups is 1. The molecule has 4 nitrogen and oxygen atoms in total. The number of thiophene rings is 1. The molecule has 118 valence electrons. The van der Waals surface area contributed by atoms with Gasteiger partial charge in [0, 0.05) is 17.6 Å². The van der Waals surface area contributed by atoms with Crippen molar-refractivity contribution in [3.63, 3.8) is 0 Å². The predicted octanol–water partition coefficient (Wildman–Crippen LogP) is 3.90. The summed E-state index contributed by atoms with van der Waals surface area (Å²) in [5, 5.41) is 5.75. The van der Waals surface area contributed by atoms with E-state index in [1.54, 1.807) is 23.1 Å². The fourth-order valence-electron chi connectivity index (χ4n) is 2.27. The first-order valence-electron chi connectivity index (χ1n) is 7.22. The number of carbonyl (C=O) groups is 1. The average Bonchev–Trinajstić information content (AvgIpc) is 3.18. The number of hydrogen-bond acceptors (Lipinski definition) is 4. The third kappa shape index (κ3) is 4.24. The lowest BCUT2D eigenvalue weighted by atomic mass is 10.2. The highest BCUT2D eigenvalue weighted by Crippen LogP contribution is 2.20. The van der Waals surface area contributed by atoms with Crippen LogP contribution in [0.3, 0.4) is 0 Å². The first kappa shape index (κ1) is 15.8. The molecular formula is C17H17N3OS2. The van der Waals surface area contributed by atoms with E-state index in [4.69, 9.17) is 0 Å². The van der Waals surface area contributed by atoms with Crippen molar-refractivity contribution < 1.29 is 4.79 Å². The Bertz CT molecular complexity index is 767. The number of imidazole rings is 1. The van der Waals surface area contributed by atoms with Crippen LogP contribution in [0.1, 0.15) is 10.4 Å². The zero-order valence-electron chi connectivity index (χ0n) is 12.7. The van der Waals surface area contributed by atoms with Crippen molar-refractivity contribution >= 4 is 34.8 Å². The van der Waals surface area contributed by atoms with Crippen LogP contribution in [0.4, 0.5) is 5.82 Å². The number of carbonyl (C=O) groups excluding carboxylic acids is 1. The van der Waals surface area contributed by atoms with Gasteiger partial charge in [-0.1, -0.05) is 48.2 Å². The van der Waals surface area contributed by atoms with E-state index in [0.717, 1.165) is 16.6 Å². The first-order valence-corrected chi connectivity index (χ1v) is 9.32. The highest BCUT2D eigenvalue weighted by molar-refractivity contribution is 7.98. The van der Waals surface area contributed by atoms with Crippen molar-refractivity contribution in [2.45, 2.75) is 18.1 Å². The molecule has 0 atom stereocenters. The molecule has 2 aromatic heterocycles. The average molecular weight is 343 g/mol. The SMILES string of the molecule is CSc1nc(NC(=O)Cc2cccs2)cn1Cc1ccccc1. The maximum absolute atomic E-state index is 12.1. The maximum atomic E-state index is 12.1. The van der Waals surface area contributed by atoms with Crippen LogP contribution in [0.15, 0.2) is 59.2 Å². The molecule has 0 aliphatic rings. The van der Waals surface area contributed by atoms with Gasteiger partial charge in [-0.05, 0) is 23.3 Å². The highest BCUT2D eigenvalue weighted by Gasteiger charge is 2.11. The van der Waals surface area contributed by atoms with Crippen molar-refractivity contribution in [2.75, 3.05) is 11.6 Å². The molecule has 0 saturated carbocycles. The lowest BCUT2D eigenvalue weighted by Crippen LogP contribution is -2.13. The summed E-state index contributed by atoms with van der Waals surface area (Å²) in [4.78, 5) is 17.6. The van der Waals surface area contributed by atoms with Crippen LogP contribution in [0.25, 0.3) is 0 Å². The third-order valence-electron chi connectivity index (χ3n) is 3.30. The van der Waals surface area contributed by atoms with Crippen molar-refractivity contribution in [3.8, 4) is 0 Å². The van der Waals surface area contributed by atoms with Crippen molar-refractivity contribution in [1.29, 1.82) is 0 Å². The Labute approximate surface area is 143 Å². The number of rotatable bonds is 6. The van der Waals surface area contributed by atoms with Gasteiger partial charge in [-0.3, -0.25) is 4.79 Å². The molecule has 3 rings (SSSR count). The molecule has 2 heterocycles. The summed E-state index contributed by atoms with van der Waals surface area (Å²) in [6, 6.07) is 14.1. The molecule has 0 unspecified atom stereocenters. The Morgan fingerprint density at radius 1 is 1.26 bits per heavy atom. The van der Waals surface area contributed by atoms with Crippen LogP contribution >= 0.6 is 23.1 Å². The second kappa shape index (κ2) is 7.48. The van der Waals surface area contributed by atoms with E-state index < -0.39 is 0 Å². The van der Waals surface area contributed by atoms with Crippen LogP contribution in [-0.2, 0) is 17.8 Å². The van der Waals surface area contributed by atoms with E-state index in [9.17, 15) is 4.79 Å². The Morgan fingerprint density at radius 3 is 2.78 bits per heavy atom. The maximum Gasteiger partial charge on any atom is 0.230 e. The van der Waals surface area contributed by atoms with Crippen LogP contribution < -0.4 is 5.32 Å². The summed E-state index contributed by atoms with van der Waals surface area (Å²) in [6.07, 6.45) is 4.27. The number of benzene rings is 1. The topological polar surface area (TPSA) is 46.9 Å². The van der Waals surface area contributed by atoms with E-state index >= 15 is 0 Å². The molecule has 1 amide bonds. The fraction of sp³-hybridized carbons (Fsp3) is 0.176. The van der Waals surface area contributed by atoms with E-state index in [0.29, 0.717) is 12.2 Å². The molecule has 1 N–H and O–H groups in total. The highest BCUT2D eigenvalue weighted by atomic mass is 32.2. The van der Waals surface area contributed by atoms with E-state index in [1.165, 1.54) is 5.56 Å². The zero-order valence-corrected chi connectivity index (χ0v) is 14.4. The van der Waals surface area contributed by atoms with Crippen LogP contribution in [-0.4, -0.2) is 21.7 Å². The Morgan fingerprint density at radius 2 is 2.09 bits per heavy atom. The molecule has 3 aromatic rings. The minimum Gasteiger partial charge on any atom is -0.319 e. The first-order chi connectivity index (χ1) is 11.2. The summed E-state index contributed by atoms with van der Waals surface area (Å²) in [5.74, 6) is 0.566. The molecular weight excluding hydrogens is 326 g/mol. The van der Waals surface area contributed by atoms with E-state index in [1.807, 2.05) is 48.2 Å². The van der Waals surface area contributed by atoms with Gasteiger partial charge >= 0.3 is 0 Å². The standard InChI is InChI=1S/C17H17N3OS2/c1-22-17-19-15(18-16(21)10-14-8-5-9-23-14)12-20(17)11-13-6-3-2-4-7-13/h2-9,12H,10-11H2,1H3,(H,18,21).